The summed E-state index contributed by atoms with van der Waals surface area (Å²) in [6.07, 6.45) is 5.02. The molecule has 0 spiro atoms. The summed E-state index contributed by atoms with van der Waals surface area (Å²) >= 11 is 0. The maximum Gasteiger partial charge on any atom is 0.0164 e. The molecule has 1 N–H and O–H groups in total. The zero-order valence-electron chi connectivity index (χ0n) is 9.74. The Kier molecular flexibility index (Phi) is 6.06. The molecular formula is C12H25N. The molecule has 1 nitrogen and oxygen atoms in total. The Labute approximate surface area is 83.6 Å². The van der Waals surface area contributed by atoms with E-state index >= 15 is 0 Å². The molecule has 0 saturated heterocycles. The third-order valence-electron chi connectivity index (χ3n) is 2.42. The van der Waals surface area contributed by atoms with Crippen LogP contribution in [0.3, 0.4) is 0 Å². The molecule has 0 saturated carbocycles. The minimum Gasteiger partial charge on any atom is -0.308 e. The van der Waals surface area contributed by atoms with Crippen molar-refractivity contribution in [3.8, 4) is 0 Å². The van der Waals surface area contributed by atoms with Crippen molar-refractivity contribution in [1.29, 1.82) is 0 Å². The van der Waals surface area contributed by atoms with E-state index < -0.39 is 0 Å². The second-order valence-corrected chi connectivity index (χ2v) is 4.37. The molecule has 0 heterocycles. The molecule has 1 heteroatoms. The van der Waals surface area contributed by atoms with E-state index in [-0.39, 0.29) is 0 Å². The summed E-state index contributed by atoms with van der Waals surface area (Å²) in [5.41, 5.74) is 1.54. The summed E-state index contributed by atoms with van der Waals surface area (Å²) in [4.78, 5) is 0. The monoisotopic (exact) mass is 183 g/mol. The topological polar surface area (TPSA) is 12.0 Å². The first-order chi connectivity index (χ1) is 6.04. The van der Waals surface area contributed by atoms with Crippen LogP contribution in [0.4, 0.5) is 0 Å². The summed E-state index contributed by atoms with van der Waals surface area (Å²) in [5.74, 6) is 0. The predicted octanol–water partition coefficient (Wildman–Crippen LogP) is 3.51. The van der Waals surface area contributed by atoms with Gasteiger partial charge in [-0.25, -0.2) is 0 Å². The fourth-order valence-electron chi connectivity index (χ4n) is 1.77. The standard InChI is InChI=1S/C12H25N/c1-6-8-12(5,9-7-2)13-10-11(3)4/h13H,3,6-10H2,1-2,4-5H3. The number of rotatable bonds is 7. The second kappa shape index (κ2) is 6.20. The molecule has 0 aliphatic rings. The van der Waals surface area contributed by atoms with Crippen molar-refractivity contribution in [2.24, 2.45) is 0 Å². The van der Waals surface area contributed by atoms with Crippen LogP contribution in [0.25, 0.3) is 0 Å². The number of hydrogen-bond donors (Lipinski definition) is 1. The van der Waals surface area contributed by atoms with Crippen molar-refractivity contribution < 1.29 is 0 Å². The van der Waals surface area contributed by atoms with E-state index in [4.69, 9.17) is 0 Å². The lowest BCUT2D eigenvalue weighted by Gasteiger charge is -2.30. The maximum atomic E-state index is 3.92. The highest BCUT2D eigenvalue weighted by molar-refractivity contribution is 4.95. The van der Waals surface area contributed by atoms with Crippen LogP contribution in [0.2, 0.25) is 0 Å². The van der Waals surface area contributed by atoms with Crippen LogP contribution >= 0.6 is 0 Å². The lowest BCUT2D eigenvalue weighted by molar-refractivity contribution is 0.312. The summed E-state index contributed by atoms with van der Waals surface area (Å²) in [5, 5.41) is 3.60. The molecule has 0 radical (unpaired) electrons. The Morgan fingerprint density at radius 3 is 2.00 bits per heavy atom. The molecule has 0 unspecified atom stereocenters. The Morgan fingerprint density at radius 2 is 1.69 bits per heavy atom. The Bertz CT molecular complexity index is 143. The average Bonchev–Trinajstić information content (AvgIpc) is 2.02. The van der Waals surface area contributed by atoms with Crippen molar-refractivity contribution in [3.63, 3.8) is 0 Å². The van der Waals surface area contributed by atoms with Crippen LogP contribution in [-0.4, -0.2) is 12.1 Å². The van der Waals surface area contributed by atoms with Gasteiger partial charge >= 0.3 is 0 Å². The van der Waals surface area contributed by atoms with Crippen LogP contribution in [0.1, 0.15) is 53.4 Å². The molecule has 0 atom stereocenters. The van der Waals surface area contributed by atoms with Gasteiger partial charge < -0.3 is 5.32 Å². The van der Waals surface area contributed by atoms with Gasteiger partial charge in [0.2, 0.25) is 0 Å². The van der Waals surface area contributed by atoms with Gasteiger partial charge in [-0.05, 0) is 26.7 Å². The van der Waals surface area contributed by atoms with E-state index in [9.17, 15) is 0 Å². The molecule has 78 valence electrons. The van der Waals surface area contributed by atoms with Gasteiger partial charge in [0, 0.05) is 12.1 Å². The van der Waals surface area contributed by atoms with E-state index in [2.05, 4.69) is 39.6 Å². The zero-order chi connectivity index (χ0) is 10.3. The van der Waals surface area contributed by atoms with Crippen LogP contribution in [0, 0.1) is 0 Å². The first-order valence-electron chi connectivity index (χ1n) is 5.43. The number of nitrogens with one attached hydrogen (secondary N) is 1. The minimum absolute atomic E-state index is 0.322. The van der Waals surface area contributed by atoms with Gasteiger partial charge in [-0.15, -0.1) is 0 Å². The third-order valence-corrected chi connectivity index (χ3v) is 2.42. The normalized spacial score (nSPS) is 11.7. The summed E-state index contributed by atoms with van der Waals surface area (Å²) < 4.78 is 0. The molecule has 0 amide bonds. The van der Waals surface area contributed by atoms with Crippen molar-refractivity contribution in [1.82, 2.24) is 5.32 Å². The second-order valence-electron chi connectivity index (χ2n) is 4.37. The first kappa shape index (κ1) is 12.7. The minimum atomic E-state index is 0.322. The Balaban J connectivity index is 3.98. The maximum absolute atomic E-state index is 3.92. The Morgan fingerprint density at radius 1 is 1.23 bits per heavy atom. The molecule has 0 bridgehead atoms. The molecule has 0 fully saturated rings. The van der Waals surface area contributed by atoms with E-state index in [1.165, 1.54) is 31.3 Å². The van der Waals surface area contributed by atoms with Gasteiger partial charge in [-0.3, -0.25) is 0 Å². The molecular weight excluding hydrogens is 158 g/mol. The smallest absolute Gasteiger partial charge is 0.0164 e. The fraction of sp³-hybridized carbons (Fsp3) is 0.833. The molecule has 0 aromatic rings. The summed E-state index contributed by atoms with van der Waals surface area (Å²) in [6, 6.07) is 0. The lowest BCUT2D eigenvalue weighted by atomic mass is 9.90. The van der Waals surface area contributed by atoms with Gasteiger partial charge in [-0.1, -0.05) is 38.8 Å². The molecule has 0 rings (SSSR count). The van der Waals surface area contributed by atoms with Gasteiger partial charge in [0.05, 0.1) is 0 Å². The van der Waals surface area contributed by atoms with Crippen molar-refractivity contribution in [3.05, 3.63) is 12.2 Å². The van der Waals surface area contributed by atoms with Gasteiger partial charge in [-0.2, -0.15) is 0 Å². The van der Waals surface area contributed by atoms with E-state index in [1.807, 2.05) is 0 Å². The molecule has 0 aromatic carbocycles. The highest BCUT2D eigenvalue weighted by atomic mass is 15.0. The lowest BCUT2D eigenvalue weighted by Crippen LogP contribution is -2.42. The van der Waals surface area contributed by atoms with Gasteiger partial charge in [0.1, 0.15) is 0 Å². The highest BCUT2D eigenvalue weighted by Crippen LogP contribution is 2.18. The summed E-state index contributed by atoms with van der Waals surface area (Å²) in [6.45, 7) is 13.8. The average molecular weight is 183 g/mol. The van der Waals surface area contributed by atoms with E-state index in [1.54, 1.807) is 0 Å². The Hall–Kier alpha value is -0.300. The van der Waals surface area contributed by atoms with E-state index in [0.29, 0.717) is 5.54 Å². The predicted molar refractivity (Wildman–Crippen MR) is 61.0 cm³/mol. The highest BCUT2D eigenvalue weighted by Gasteiger charge is 2.20. The van der Waals surface area contributed by atoms with Crippen molar-refractivity contribution >= 4 is 0 Å². The number of hydrogen-bond acceptors (Lipinski definition) is 1. The molecule has 0 aliphatic carbocycles. The summed E-state index contributed by atoms with van der Waals surface area (Å²) in [7, 11) is 0. The van der Waals surface area contributed by atoms with Gasteiger partial charge in [0.25, 0.3) is 0 Å². The fourth-order valence-corrected chi connectivity index (χ4v) is 1.77. The van der Waals surface area contributed by atoms with Crippen molar-refractivity contribution in [2.75, 3.05) is 6.54 Å². The van der Waals surface area contributed by atoms with Crippen molar-refractivity contribution in [2.45, 2.75) is 58.9 Å². The third kappa shape index (κ3) is 5.87. The SMILES string of the molecule is C=C(C)CNC(C)(CCC)CCC. The first-order valence-corrected chi connectivity index (χ1v) is 5.43. The quantitative estimate of drug-likeness (QED) is 0.596. The molecule has 0 aliphatic heterocycles. The van der Waals surface area contributed by atoms with Crippen LogP contribution in [0.15, 0.2) is 12.2 Å². The molecule has 0 aromatic heterocycles. The van der Waals surface area contributed by atoms with Crippen LogP contribution < -0.4 is 5.32 Å². The largest absolute Gasteiger partial charge is 0.308 e. The van der Waals surface area contributed by atoms with Gasteiger partial charge in [0.15, 0.2) is 0 Å². The van der Waals surface area contributed by atoms with Crippen LogP contribution in [0.5, 0.6) is 0 Å². The van der Waals surface area contributed by atoms with E-state index in [0.717, 1.165) is 6.54 Å². The zero-order valence-corrected chi connectivity index (χ0v) is 9.74. The van der Waals surface area contributed by atoms with Crippen LogP contribution in [-0.2, 0) is 0 Å². The molecule has 13 heavy (non-hydrogen) atoms.